The first-order valence-electron chi connectivity index (χ1n) is 11.1. The molecule has 2 bridgehead atoms. The maximum absolute atomic E-state index is 12.9. The molecule has 0 aliphatic carbocycles. The summed E-state index contributed by atoms with van der Waals surface area (Å²) in [5.41, 5.74) is 1.47. The summed E-state index contributed by atoms with van der Waals surface area (Å²) < 4.78 is 11.6. The minimum Gasteiger partial charge on any atom is -0.497 e. The van der Waals surface area contributed by atoms with Gasteiger partial charge < -0.3 is 14.8 Å². The summed E-state index contributed by atoms with van der Waals surface area (Å²) in [5.74, 6) is 1.84. The molecule has 166 valence electrons. The molecular weight excluding hydrogens is 390 g/mol. The second-order valence-electron chi connectivity index (χ2n) is 9.73. The lowest BCUT2D eigenvalue weighted by Crippen LogP contribution is -2.56. The van der Waals surface area contributed by atoms with Crippen molar-refractivity contribution < 1.29 is 14.3 Å². The first-order chi connectivity index (χ1) is 14.8. The van der Waals surface area contributed by atoms with Crippen LogP contribution in [0.1, 0.15) is 45.3 Å². The summed E-state index contributed by atoms with van der Waals surface area (Å²) in [5, 5.41) is 3.91. The average Bonchev–Trinajstić information content (AvgIpc) is 2.75. The number of methoxy groups -OCH3 is 1. The molecule has 0 radical (unpaired) electrons. The molecule has 1 aromatic heterocycles. The Morgan fingerprint density at radius 2 is 2.16 bits per heavy atom. The monoisotopic (exact) mass is 423 g/mol. The summed E-state index contributed by atoms with van der Waals surface area (Å²) in [6, 6.07) is 7.94. The number of benzene rings is 1. The van der Waals surface area contributed by atoms with Crippen LogP contribution in [-0.4, -0.2) is 47.8 Å². The van der Waals surface area contributed by atoms with Crippen molar-refractivity contribution in [1.29, 1.82) is 0 Å². The molecule has 1 amide bonds. The second kappa shape index (κ2) is 8.50. The quantitative estimate of drug-likeness (QED) is 0.706. The maximum atomic E-state index is 12.9. The number of rotatable bonds is 5. The molecule has 6 nitrogen and oxygen atoms in total. The number of ether oxygens (including phenoxy) is 2. The van der Waals surface area contributed by atoms with Gasteiger partial charge in [0.25, 0.3) is 0 Å². The van der Waals surface area contributed by atoms with Crippen molar-refractivity contribution >= 4 is 17.0 Å². The highest BCUT2D eigenvalue weighted by molar-refractivity contribution is 5.84. The van der Waals surface area contributed by atoms with Crippen molar-refractivity contribution in [3.8, 4) is 5.75 Å². The zero-order valence-corrected chi connectivity index (χ0v) is 18.9. The largest absolute Gasteiger partial charge is 0.497 e. The number of nitrogens with one attached hydrogen (secondary N) is 1. The number of pyridine rings is 1. The van der Waals surface area contributed by atoms with E-state index in [0.29, 0.717) is 11.8 Å². The fourth-order valence-electron chi connectivity index (χ4n) is 5.01. The molecule has 3 aliphatic rings. The number of alkyl carbamates (subject to hydrolysis) is 1. The van der Waals surface area contributed by atoms with Gasteiger partial charge in [0.2, 0.25) is 0 Å². The van der Waals surface area contributed by atoms with Crippen LogP contribution >= 0.6 is 0 Å². The van der Waals surface area contributed by atoms with Crippen molar-refractivity contribution in [3.63, 3.8) is 0 Å². The number of carbonyl (C=O) groups excluding carboxylic acids is 1. The smallest absolute Gasteiger partial charge is 0.408 e. The Morgan fingerprint density at radius 3 is 2.81 bits per heavy atom. The normalized spacial score (nSPS) is 26.3. The summed E-state index contributed by atoms with van der Waals surface area (Å²) in [6.07, 6.45) is 5.24. The molecule has 31 heavy (non-hydrogen) atoms. The van der Waals surface area contributed by atoms with E-state index < -0.39 is 12.2 Å². The highest BCUT2D eigenvalue weighted by Gasteiger charge is 2.44. The Balaban J connectivity index is 1.74. The molecule has 0 spiro atoms. The van der Waals surface area contributed by atoms with E-state index in [4.69, 9.17) is 9.47 Å². The molecule has 1 N–H and O–H groups in total. The van der Waals surface area contributed by atoms with Gasteiger partial charge in [-0.15, -0.1) is 6.58 Å². The molecule has 2 aromatic rings. The minimum absolute atomic E-state index is 0.123. The number of amides is 1. The number of carbonyl (C=O) groups is 1. The minimum atomic E-state index is -0.395. The zero-order chi connectivity index (χ0) is 22.2. The van der Waals surface area contributed by atoms with E-state index in [1.165, 1.54) is 6.42 Å². The van der Waals surface area contributed by atoms with Crippen LogP contribution in [-0.2, 0) is 4.74 Å². The van der Waals surface area contributed by atoms with Crippen LogP contribution in [0.25, 0.3) is 10.9 Å². The Morgan fingerprint density at radius 1 is 1.35 bits per heavy atom. The van der Waals surface area contributed by atoms with E-state index in [0.717, 1.165) is 41.7 Å². The summed E-state index contributed by atoms with van der Waals surface area (Å²) in [4.78, 5) is 19.8. The van der Waals surface area contributed by atoms with Gasteiger partial charge in [-0.2, -0.15) is 0 Å². The lowest BCUT2D eigenvalue weighted by atomic mass is 9.73. The third-order valence-electron chi connectivity index (χ3n) is 6.50. The van der Waals surface area contributed by atoms with Crippen LogP contribution in [0.4, 0.5) is 4.79 Å². The van der Waals surface area contributed by atoms with Crippen LogP contribution in [0.5, 0.6) is 5.75 Å². The van der Waals surface area contributed by atoms with Crippen LogP contribution in [0.15, 0.2) is 43.1 Å². The van der Waals surface area contributed by atoms with Crippen molar-refractivity contribution in [3.05, 3.63) is 48.7 Å². The number of piperidine rings is 3. The van der Waals surface area contributed by atoms with Gasteiger partial charge >= 0.3 is 6.09 Å². The van der Waals surface area contributed by atoms with Crippen molar-refractivity contribution in [2.75, 3.05) is 20.2 Å². The lowest BCUT2D eigenvalue weighted by molar-refractivity contribution is -0.0506. The third kappa shape index (κ3) is 4.54. The van der Waals surface area contributed by atoms with E-state index in [9.17, 15) is 4.79 Å². The summed E-state index contributed by atoms with van der Waals surface area (Å²) >= 11 is 0. The molecule has 4 unspecified atom stereocenters. The van der Waals surface area contributed by atoms with E-state index in [2.05, 4.69) is 27.9 Å². The standard InChI is InChI=1S/C25H33N3O3/c1-6-16-15-28-12-10-17(16)13-22(28)23(31-24(29)27-25(2,3)4)19-9-11-26-21-8-7-18(30-5)14-20(19)21/h6-9,11,14,16-17,22-23H,1,10,12-13,15H2,2-5H3,(H,27,29)/t16?,17?,22?,23-/m1/s1. The number of hydrogen-bond acceptors (Lipinski definition) is 5. The molecule has 4 heterocycles. The predicted molar refractivity (Wildman–Crippen MR) is 122 cm³/mol. The Labute approximate surface area is 184 Å². The molecule has 5 atom stereocenters. The second-order valence-corrected chi connectivity index (χ2v) is 9.73. The third-order valence-corrected chi connectivity index (χ3v) is 6.50. The zero-order valence-electron chi connectivity index (χ0n) is 18.9. The topological polar surface area (TPSA) is 63.7 Å². The number of nitrogens with zero attached hydrogens (tertiary/aromatic N) is 2. The number of fused-ring (bicyclic) bond motifs is 4. The van der Waals surface area contributed by atoms with Gasteiger partial charge in [0.1, 0.15) is 11.9 Å². The van der Waals surface area contributed by atoms with Gasteiger partial charge in [-0.05, 0) is 76.3 Å². The van der Waals surface area contributed by atoms with Gasteiger partial charge in [0.15, 0.2) is 0 Å². The maximum Gasteiger partial charge on any atom is 0.408 e. The van der Waals surface area contributed by atoms with Crippen molar-refractivity contribution in [1.82, 2.24) is 15.2 Å². The molecule has 0 saturated carbocycles. The van der Waals surface area contributed by atoms with Crippen LogP contribution in [0.3, 0.4) is 0 Å². The molecule has 6 heteroatoms. The van der Waals surface area contributed by atoms with E-state index in [1.807, 2.05) is 45.0 Å². The van der Waals surface area contributed by atoms with Gasteiger partial charge in [-0.1, -0.05) is 6.08 Å². The highest BCUT2D eigenvalue weighted by Crippen LogP contribution is 2.43. The number of aromatic nitrogens is 1. The summed E-state index contributed by atoms with van der Waals surface area (Å²) in [7, 11) is 1.66. The first-order valence-corrected chi connectivity index (χ1v) is 11.1. The van der Waals surface area contributed by atoms with Crippen LogP contribution in [0, 0.1) is 11.8 Å². The molecular formula is C25H33N3O3. The highest BCUT2D eigenvalue weighted by atomic mass is 16.6. The predicted octanol–water partition coefficient (Wildman–Crippen LogP) is 4.71. The van der Waals surface area contributed by atoms with E-state index in [-0.39, 0.29) is 11.6 Å². The average molecular weight is 424 g/mol. The van der Waals surface area contributed by atoms with Gasteiger partial charge in [-0.3, -0.25) is 9.88 Å². The summed E-state index contributed by atoms with van der Waals surface area (Å²) in [6.45, 7) is 11.9. The SMILES string of the molecule is C=CC1CN2CCC1CC2[C@H](OC(=O)NC(C)(C)C)c1ccnc2ccc(OC)cc12. The van der Waals surface area contributed by atoms with Crippen LogP contribution in [0.2, 0.25) is 0 Å². The van der Waals surface area contributed by atoms with E-state index in [1.54, 1.807) is 13.3 Å². The van der Waals surface area contributed by atoms with Gasteiger partial charge in [-0.25, -0.2) is 4.79 Å². The lowest BCUT2D eigenvalue weighted by Gasteiger charge is -2.51. The fourth-order valence-corrected chi connectivity index (χ4v) is 5.01. The van der Waals surface area contributed by atoms with Crippen LogP contribution < -0.4 is 10.1 Å². The fraction of sp³-hybridized carbons (Fsp3) is 0.520. The number of hydrogen-bond donors (Lipinski definition) is 1. The van der Waals surface area contributed by atoms with Crippen molar-refractivity contribution in [2.24, 2.45) is 11.8 Å². The van der Waals surface area contributed by atoms with Gasteiger partial charge in [0, 0.05) is 29.2 Å². The van der Waals surface area contributed by atoms with E-state index >= 15 is 0 Å². The van der Waals surface area contributed by atoms with Gasteiger partial charge in [0.05, 0.1) is 18.7 Å². The first kappa shape index (κ1) is 21.6. The van der Waals surface area contributed by atoms with Crippen molar-refractivity contribution in [2.45, 2.75) is 51.3 Å². The Hall–Kier alpha value is -2.60. The Bertz CT molecular complexity index is 968. The molecule has 3 saturated heterocycles. The Kier molecular flexibility index (Phi) is 5.93. The molecule has 3 aliphatic heterocycles. The molecule has 1 aromatic carbocycles. The molecule has 5 rings (SSSR count). The molecule has 3 fully saturated rings.